The number of alkyl carbamates (subject to hydrolysis) is 1. The number of amides is 1. The Balaban J connectivity index is 2.14. The summed E-state index contributed by atoms with van der Waals surface area (Å²) in [7, 11) is 1.17. The Morgan fingerprint density at radius 2 is 1.67 bits per heavy atom. The number of rotatable bonds is 10. The number of methoxy groups -OCH3 is 1. The molecule has 2 aromatic rings. The fourth-order valence-corrected chi connectivity index (χ4v) is 2.73. The van der Waals surface area contributed by atoms with Crippen LogP contribution in [-0.2, 0) is 20.9 Å². The molecular weight excluding hydrogens is 390 g/mol. The maximum Gasteiger partial charge on any atom is 0.408 e. The number of carbonyl (C=O) groups is 2. The molecule has 0 aliphatic heterocycles. The average Bonchev–Trinajstić information content (AvgIpc) is 2.77. The molecule has 0 bridgehead atoms. The summed E-state index contributed by atoms with van der Waals surface area (Å²) in [6, 6.07) is 12.5. The summed E-state index contributed by atoms with van der Waals surface area (Å²) in [5.74, 6) is 0.123. The first-order chi connectivity index (χ1) is 14.5. The second-order valence-electron chi connectivity index (χ2n) is 6.22. The normalized spacial score (nSPS) is 12.4. The van der Waals surface area contributed by atoms with Gasteiger partial charge in [-0.05, 0) is 37.1 Å². The van der Waals surface area contributed by atoms with Crippen LogP contribution in [0.25, 0.3) is 0 Å². The van der Waals surface area contributed by atoms with E-state index in [1.54, 1.807) is 30.3 Å². The fraction of sp³-hybridized carbons (Fsp3) is 0.364. The molecule has 0 saturated heterocycles. The number of aliphatic hydroxyl groups excluding tert-OH is 1. The lowest BCUT2D eigenvalue weighted by Crippen LogP contribution is -2.45. The Bertz CT molecular complexity index is 825. The van der Waals surface area contributed by atoms with Gasteiger partial charge in [0.15, 0.2) is 17.5 Å². The van der Waals surface area contributed by atoms with E-state index in [1.807, 2.05) is 32.0 Å². The van der Waals surface area contributed by atoms with E-state index in [0.717, 1.165) is 5.56 Å². The van der Waals surface area contributed by atoms with Crippen LogP contribution >= 0.6 is 0 Å². The molecule has 8 nitrogen and oxygen atoms in total. The summed E-state index contributed by atoms with van der Waals surface area (Å²) in [5.41, 5.74) is 1.14. The summed E-state index contributed by atoms with van der Waals surface area (Å²) >= 11 is 0. The number of hydrogen-bond acceptors (Lipinski definition) is 7. The lowest BCUT2D eigenvalue weighted by Gasteiger charge is -2.23. The molecule has 0 heterocycles. The van der Waals surface area contributed by atoms with Gasteiger partial charge in [0.2, 0.25) is 0 Å². The number of aliphatic hydroxyl groups is 1. The van der Waals surface area contributed by atoms with Crippen molar-refractivity contribution in [3.8, 4) is 11.5 Å². The summed E-state index contributed by atoms with van der Waals surface area (Å²) in [6.45, 7) is 4.52. The van der Waals surface area contributed by atoms with E-state index in [0.29, 0.717) is 30.3 Å². The van der Waals surface area contributed by atoms with Gasteiger partial charge in [0.1, 0.15) is 12.7 Å². The number of carbonyl (C=O) groups excluding carboxylic acids is 2. The van der Waals surface area contributed by atoms with Crippen molar-refractivity contribution < 1.29 is 33.6 Å². The van der Waals surface area contributed by atoms with E-state index in [9.17, 15) is 14.7 Å². The molecule has 1 amide bonds. The first-order valence-corrected chi connectivity index (χ1v) is 9.62. The second-order valence-corrected chi connectivity index (χ2v) is 6.22. The summed E-state index contributed by atoms with van der Waals surface area (Å²) < 4.78 is 20.9. The molecule has 2 aromatic carbocycles. The Labute approximate surface area is 175 Å². The van der Waals surface area contributed by atoms with Crippen molar-refractivity contribution in [3.05, 3.63) is 59.7 Å². The zero-order valence-corrected chi connectivity index (χ0v) is 17.3. The van der Waals surface area contributed by atoms with Crippen LogP contribution in [0.5, 0.6) is 11.5 Å². The Morgan fingerprint density at radius 3 is 2.30 bits per heavy atom. The van der Waals surface area contributed by atoms with Crippen LogP contribution in [0.3, 0.4) is 0 Å². The number of ether oxygens (including phenoxy) is 4. The van der Waals surface area contributed by atoms with Gasteiger partial charge in [-0.25, -0.2) is 9.59 Å². The summed E-state index contributed by atoms with van der Waals surface area (Å²) in [4.78, 5) is 24.4. The Kier molecular flexibility index (Phi) is 8.96. The minimum absolute atomic E-state index is 0.0220. The van der Waals surface area contributed by atoms with E-state index in [-0.39, 0.29) is 6.61 Å². The van der Waals surface area contributed by atoms with Gasteiger partial charge in [0.05, 0.1) is 20.3 Å². The van der Waals surface area contributed by atoms with Crippen LogP contribution in [0, 0.1) is 0 Å². The van der Waals surface area contributed by atoms with Crippen molar-refractivity contribution in [1.29, 1.82) is 0 Å². The molecule has 0 spiro atoms. The highest BCUT2D eigenvalue weighted by Crippen LogP contribution is 2.32. The first-order valence-electron chi connectivity index (χ1n) is 9.62. The van der Waals surface area contributed by atoms with E-state index in [4.69, 9.17) is 18.9 Å². The molecule has 0 aliphatic carbocycles. The first kappa shape index (κ1) is 23.0. The topological polar surface area (TPSA) is 103 Å². The highest BCUT2D eigenvalue weighted by atomic mass is 16.6. The lowest BCUT2D eigenvalue weighted by molar-refractivity contribution is -0.146. The standard InChI is InChI=1S/C22H27NO7/c1-4-28-17-12-11-16(13-18(17)29-5-2)20(24)19(21(25)27-3)23-22(26)30-14-15-9-7-6-8-10-15/h6-13,19-20,24H,4-5,14H2,1-3H3,(H,23,26)/t19-,20+/m0/s1. The molecule has 0 saturated carbocycles. The third-order valence-electron chi connectivity index (χ3n) is 4.17. The van der Waals surface area contributed by atoms with Crippen LogP contribution in [0.2, 0.25) is 0 Å². The zero-order valence-electron chi connectivity index (χ0n) is 17.3. The van der Waals surface area contributed by atoms with Crippen LogP contribution in [-0.4, -0.2) is 43.5 Å². The summed E-state index contributed by atoms with van der Waals surface area (Å²) in [6.07, 6.45) is -2.25. The molecule has 8 heteroatoms. The smallest absolute Gasteiger partial charge is 0.408 e. The highest BCUT2D eigenvalue weighted by molar-refractivity contribution is 5.82. The van der Waals surface area contributed by atoms with Crippen molar-refractivity contribution in [2.45, 2.75) is 32.6 Å². The number of hydrogen-bond donors (Lipinski definition) is 2. The Morgan fingerprint density at radius 1 is 1.00 bits per heavy atom. The molecule has 0 fully saturated rings. The van der Waals surface area contributed by atoms with Crippen LogP contribution < -0.4 is 14.8 Å². The maximum absolute atomic E-state index is 12.2. The molecule has 0 aliphatic rings. The molecule has 2 atom stereocenters. The monoisotopic (exact) mass is 417 g/mol. The number of benzene rings is 2. The van der Waals surface area contributed by atoms with Crippen LogP contribution in [0.1, 0.15) is 31.1 Å². The van der Waals surface area contributed by atoms with E-state index in [1.165, 1.54) is 7.11 Å². The quantitative estimate of drug-likeness (QED) is 0.573. The van der Waals surface area contributed by atoms with E-state index >= 15 is 0 Å². The average molecular weight is 417 g/mol. The van der Waals surface area contributed by atoms with Crippen molar-refractivity contribution in [3.63, 3.8) is 0 Å². The predicted molar refractivity (Wildman–Crippen MR) is 109 cm³/mol. The van der Waals surface area contributed by atoms with Crippen molar-refractivity contribution in [2.75, 3.05) is 20.3 Å². The van der Waals surface area contributed by atoms with Gasteiger partial charge in [-0.3, -0.25) is 0 Å². The maximum atomic E-state index is 12.2. The van der Waals surface area contributed by atoms with Gasteiger partial charge in [0.25, 0.3) is 0 Å². The molecule has 0 radical (unpaired) electrons. The minimum atomic E-state index is -1.39. The van der Waals surface area contributed by atoms with E-state index in [2.05, 4.69) is 5.32 Å². The van der Waals surface area contributed by atoms with Gasteiger partial charge in [-0.2, -0.15) is 0 Å². The van der Waals surface area contributed by atoms with Crippen LogP contribution in [0.4, 0.5) is 4.79 Å². The van der Waals surface area contributed by atoms with E-state index < -0.39 is 24.2 Å². The molecule has 0 unspecified atom stereocenters. The zero-order chi connectivity index (χ0) is 21.9. The second kappa shape index (κ2) is 11.7. The van der Waals surface area contributed by atoms with Crippen molar-refractivity contribution in [1.82, 2.24) is 5.32 Å². The fourth-order valence-electron chi connectivity index (χ4n) is 2.73. The van der Waals surface area contributed by atoms with Gasteiger partial charge in [-0.1, -0.05) is 36.4 Å². The summed E-state index contributed by atoms with van der Waals surface area (Å²) in [5, 5.41) is 13.1. The van der Waals surface area contributed by atoms with Gasteiger partial charge < -0.3 is 29.4 Å². The van der Waals surface area contributed by atoms with Gasteiger partial charge in [-0.15, -0.1) is 0 Å². The van der Waals surface area contributed by atoms with Crippen molar-refractivity contribution in [2.24, 2.45) is 0 Å². The highest BCUT2D eigenvalue weighted by Gasteiger charge is 2.32. The number of nitrogens with one attached hydrogen (secondary N) is 1. The number of esters is 1. The third-order valence-corrected chi connectivity index (χ3v) is 4.17. The van der Waals surface area contributed by atoms with Gasteiger partial charge in [0, 0.05) is 0 Å². The van der Waals surface area contributed by atoms with Crippen molar-refractivity contribution >= 4 is 12.1 Å². The SMILES string of the molecule is CCOc1ccc([C@@H](O)[C@H](NC(=O)OCc2ccccc2)C(=O)OC)cc1OCC. The van der Waals surface area contributed by atoms with Gasteiger partial charge >= 0.3 is 12.1 Å². The largest absolute Gasteiger partial charge is 0.490 e. The molecule has 162 valence electrons. The molecular formula is C22H27NO7. The lowest BCUT2D eigenvalue weighted by atomic mass is 10.0. The molecule has 30 heavy (non-hydrogen) atoms. The molecule has 2 N–H and O–H groups in total. The minimum Gasteiger partial charge on any atom is -0.490 e. The molecule has 2 rings (SSSR count). The molecule has 0 aromatic heterocycles. The predicted octanol–water partition coefficient (Wildman–Crippen LogP) is 2.99. The van der Waals surface area contributed by atoms with Crippen LogP contribution in [0.15, 0.2) is 48.5 Å². The Hall–Kier alpha value is -3.26. The third kappa shape index (κ3) is 6.38.